The number of nitrogens with zero attached hydrogens (tertiary/aromatic N) is 3. The van der Waals surface area contributed by atoms with Crippen LogP contribution >= 0.6 is 0 Å². The molecule has 0 amide bonds. The van der Waals surface area contributed by atoms with Gasteiger partial charge in [-0.2, -0.15) is 5.10 Å². The number of aromatic nitrogens is 3. The molecule has 1 N–H and O–H groups in total. The van der Waals surface area contributed by atoms with Crippen molar-refractivity contribution in [1.82, 2.24) is 14.8 Å². The predicted octanol–water partition coefficient (Wildman–Crippen LogP) is 1.82. The summed E-state index contributed by atoms with van der Waals surface area (Å²) in [5, 5.41) is 13.3. The van der Waals surface area contributed by atoms with E-state index in [9.17, 15) is 4.79 Å². The van der Waals surface area contributed by atoms with Crippen LogP contribution in [0.25, 0.3) is 5.69 Å². The molecule has 0 radical (unpaired) electrons. The lowest BCUT2D eigenvalue weighted by molar-refractivity contribution is -0.136. The van der Waals surface area contributed by atoms with Crippen LogP contribution in [0.1, 0.15) is 22.5 Å². The molecule has 0 fully saturated rings. The van der Waals surface area contributed by atoms with Gasteiger partial charge in [0.2, 0.25) is 0 Å². The Morgan fingerprint density at radius 1 is 1.39 bits per heavy atom. The third-order valence-corrected chi connectivity index (χ3v) is 2.99. The summed E-state index contributed by atoms with van der Waals surface area (Å²) >= 11 is 0. The van der Waals surface area contributed by atoms with Gasteiger partial charge in [0.15, 0.2) is 0 Å². The van der Waals surface area contributed by atoms with E-state index in [2.05, 4.69) is 10.1 Å². The summed E-state index contributed by atoms with van der Waals surface area (Å²) in [6.07, 6.45) is 3.47. The second-order valence-electron chi connectivity index (χ2n) is 4.29. The molecule has 0 aliphatic heterocycles. The van der Waals surface area contributed by atoms with Crippen LogP contribution in [-0.2, 0) is 11.2 Å². The zero-order valence-electron chi connectivity index (χ0n) is 10.6. The van der Waals surface area contributed by atoms with E-state index < -0.39 is 5.97 Å². The number of carboxylic acids is 1. The smallest absolute Gasteiger partial charge is 0.307 e. The van der Waals surface area contributed by atoms with Crippen molar-refractivity contribution < 1.29 is 9.90 Å². The Morgan fingerprint density at radius 3 is 2.72 bits per heavy atom. The summed E-state index contributed by atoms with van der Waals surface area (Å²) in [6, 6.07) is 1.87. The topological polar surface area (TPSA) is 68.0 Å². The van der Waals surface area contributed by atoms with Gasteiger partial charge in [0, 0.05) is 23.7 Å². The Labute approximate surface area is 105 Å². The fourth-order valence-corrected chi connectivity index (χ4v) is 2.02. The molecule has 0 saturated heterocycles. The zero-order valence-corrected chi connectivity index (χ0v) is 10.6. The van der Waals surface area contributed by atoms with Crippen LogP contribution in [0.4, 0.5) is 0 Å². The van der Waals surface area contributed by atoms with Crippen molar-refractivity contribution in [1.29, 1.82) is 0 Å². The molecule has 0 spiro atoms. The third-order valence-electron chi connectivity index (χ3n) is 2.99. The number of aryl methyl sites for hydroxylation is 2. The average Bonchev–Trinajstić information content (AvgIpc) is 2.57. The Bertz CT molecular complexity index is 602. The Balaban J connectivity index is 2.54. The highest BCUT2D eigenvalue weighted by molar-refractivity contribution is 5.71. The lowest BCUT2D eigenvalue weighted by Crippen LogP contribution is -2.04. The first-order valence-electron chi connectivity index (χ1n) is 5.68. The van der Waals surface area contributed by atoms with E-state index in [1.54, 1.807) is 17.1 Å². The van der Waals surface area contributed by atoms with Gasteiger partial charge in [-0.25, -0.2) is 4.68 Å². The summed E-state index contributed by atoms with van der Waals surface area (Å²) in [5.74, 6) is -0.841. The largest absolute Gasteiger partial charge is 0.481 e. The van der Waals surface area contributed by atoms with Gasteiger partial charge in [-0.15, -0.1) is 0 Å². The van der Waals surface area contributed by atoms with Gasteiger partial charge in [-0.05, 0) is 32.4 Å². The van der Waals surface area contributed by atoms with Gasteiger partial charge in [-0.1, -0.05) is 0 Å². The normalized spacial score (nSPS) is 10.6. The first-order valence-corrected chi connectivity index (χ1v) is 5.68. The summed E-state index contributed by atoms with van der Waals surface area (Å²) in [7, 11) is 0. The summed E-state index contributed by atoms with van der Waals surface area (Å²) in [6.45, 7) is 5.67. The van der Waals surface area contributed by atoms with Crippen LogP contribution in [0.15, 0.2) is 18.5 Å². The van der Waals surface area contributed by atoms with Crippen LogP contribution in [0.3, 0.4) is 0 Å². The Kier molecular flexibility index (Phi) is 3.14. The molecule has 0 unspecified atom stereocenters. The van der Waals surface area contributed by atoms with Crippen LogP contribution < -0.4 is 0 Å². The van der Waals surface area contributed by atoms with E-state index in [0.717, 1.165) is 28.2 Å². The second-order valence-corrected chi connectivity index (χ2v) is 4.29. The minimum atomic E-state index is -0.841. The number of carboxylic acid groups (broad SMARTS) is 1. The van der Waals surface area contributed by atoms with Gasteiger partial charge in [0.25, 0.3) is 0 Å². The number of pyridine rings is 1. The van der Waals surface area contributed by atoms with E-state index in [0.29, 0.717) is 0 Å². The summed E-state index contributed by atoms with van der Waals surface area (Å²) < 4.78 is 1.78. The van der Waals surface area contributed by atoms with Crippen molar-refractivity contribution in [3.05, 3.63) is 41.0 Å². The monoisotopic (exact) mass is 245 g/mol. The maximum Gasteiger partial charge on any atom is 0.307 e. The SMILES string of the molecule is Cc1cnccc1-n1nc(C)c(CC(=O)O)c1C. The molecular weight excluding hydrogens is 230 g/mol. The lowest BCUT2D eigenvalue weighted by Gasteiger charge is -2.07. The first kappa shape index (κ1) is 12.3. The molecule has 0 atom stereocenters. The summed E-state index contributed by atoms with van der Waals surface area (Å²) in [4.78, 5) is 14.9. The van der Waals surface area contributed by atoms with Crippen molar-refractivity contribution >= 4 is 5.97 Å². The van der Waals surface area contributed by atoms with E-state index in [1.165, 1.54) is 0 Å². The van der Waals surface area contributed by atoms with Gasteiger partial charge in [-0.3, -0.25) is 9.78 Å². The van der Waals surface area contributed by atoms with Crippen LogP contribution in [-0.4, -0.2) is 25.8 Å². The number of carbonyl (C=O) groups is 1. The van der Waals surface area contributed by atoms with Crippen molar-refractivity contribution in [2.75, 3.05) is 0 Å². The Hall–Kier alpha value is -2.17. The quantitative estimate of drug-likeness (QED) is 0.895. The molecule has 18 heavy (non-hydrogen) atoms. The molecule has 94 valence electrons. The van der Waals surface area contributed by atoms with Gasteiger partial charge in [0.1, 0.15) is 0 Å². The Morgan fingerprint density at radius 2 is 2.11 bits per heavy atom. The van der Waals surface area contributed by atoms with E-state index in [-0.39, 0.29) is 6.42 Å². The van der Waals surface area contributed by atoms with Crippen LogP contribution in [0.5, 0.6) is 0 Å². The minimum Gasteiger partial charge on any atom is -0.481 e. The maximum atomic E-state index is 10.8. The van der Waals surface area contributed by atoms with Crippen LogP contribution in [0, 0.1) is 20.8 Å². The molecule has 2 aromatic rings. The number of hydrogen-bond acceptors (Lipinski definition) is 3. The second kappa shape index (κ2) is 4.60. The van der Waals surface area contributed by atoms with E-state index in [1.807, 2.05) is 26.8 Å². The third kappa shape index (κ3) is 2.11. The molecule has 2 heterocycles. The molecule has 2 rings (SSSR count). The lowest BCUT2D eigenvalue weighted by atomic mass is 10.1. The molecule has 5 nitrogen and oxygen atoms in total. The van der Waals surface area contributed by atoms with Crippen molar-refractivity contribution in [2.24, 2.45) is 0 Å². The fourth-order valence-electron chi connectivity index (χ4n) is 2.02. The van der Waals surface area contributed by atoms with Gasteiger partial charge < -0.3 is 5.11 Å². The van der Waals surface area contributed by atoms with Gasteiger partial charge >= 0.3 is 5.97 Å². The molecule has 0 aromatic carbocycles. The van der Waals surface area contributed by atoms with Crippen molar-refractivity contribution in [2.45, 2.75) is 27.2 Å². The molecule has 0 bridgehead atoms. The average molecular weight is 245 g/mol. The van der Waals surface area contributed by atoms with Gasteiger partial charge in [0.05, 0.1) is 17.8 Å². The molecule has 0 aliphatic rings. The minimum absolute atomic E-state index is 0.00178. The standard InChI is InChI=1S/C13H15N3O2/c1-8-7-14-5-4-12(8)16-10(3)11(6-13(17)18)9(2)15-16/h4-5,7H,6H2,1-3H3,(H,17,18). The molecular formula is C13H15N3O2. The first-order chi connectivity index (χ1) is 8.50. The number of aliphatic carboxylic acids is 1. The molecule has 2 aromatic heterocycles. The number of hydrogen-bond donors (Lipinski definition) is 1. The molecule has 0 saturated carbocycles. The van der Waals surface area contributed by atoms with Crippen molar-refractivity contribution in [3.63, 3.8) is 0 Å². The highest BCUT2D eigenvalue weighted by Gasteiger charge is 2.16. The fraction of sp³-hybridized carbons (Fsp3) is 0.308. The molecule has 5 heteroatoms. The highest BCUT2D eigenvalue weighted by Crippen LogP contribution is 2.20. The maximum absolute atomic E-state index is 10.8. The number of rotatable bonds is 3. The highest BCUT2D eigenvalue weighted by atomic mass is 16.4. The summed E-state index contributed by atoms with van der Waals surface area (Å²) in [5.41, 5.74) is 4.33. The predicted molar refractivity (Wildman–Crippen MR) is 66.9 cm³/mol. The van der Waals surface area contributed by atoms with E-state index in [4.69, 9.17) is 5.11 Å². The molecule has 0 aliphatic carbocycles. The zero-order chi connectivity index (χ0) is 13.3. The van der Waals surface area contributed by atoms with E-state index >= 15 is 0 Å². The van der Waals surface area contributed by atoms with Crippen LogP contribution in [0.2, 0.25) is 0 Å². The van der Waals surface area contributed by atoms with Crippen molar-refractivity contribution in [3.8, 4) is 5.69 Å².